The van der Waals surface area contributed by atoms with Crippen LogP contribution in [0.15, 0.2) is 12.1 Å². The number of rotatable bonds is 2. The molecule has 3 aliphatic heterocycles. The van der Waals surface area contributed by atoms with Gasteiger partial charge in [0.25, 0.3) is 0 Å². The second-order valence-electron chi connectivity index (χ2n) is 6.26. The van der Waals surface area contributed by atoms with Crippen LogP contribution in [0.4, 0.5) is 0 Å². The second kappa shape index (κ2) is 5.65. The minimum absolute atomic E-state index is 0.102. The van der Waals surface area contributed by atoms with Crippen molar-refractivity contribution >= 4 is 5.97 Å². The fraction of sp³-hybridized carbons (Fsp3) is 0.588. The second-order valence-corrected chi connectivity index (χ2v) is 6.26. The van der Waals surface area contributed by atoms with Gasteiger partial charge in [-0.05, 0) is 23.6 Å². The Morgan fingerprint density at radius 1 is 1.41 bits per heavy atom. The van der Waals surface area contributed by atoms with E-state index in [4.69, 9.17) is 9.47 Å². The summed E-state index contributed by atoms with van der Waals surface area (Å²) < 4.78 is 11.4. The van der Waals surface area contributed by atoms with E-state index in [-0.39, 0.29) is 12.1 Å². The molecule has 2 atom stereocenters. The van der Waals surface area contributed by atoms with Crippen molar-refractivity contribution in [3.63, 3.8) is 0 Å². The standard InChI is InChI=1S/C17H22N2O3/c1-2-12-13(3-4-14-15(12)10-22-17(14)20)16-8-19-6-5-18-7-11(19)9-21-16/h3-4,11,16,18H,2,5-10H2,1H3. The molecule has 5 nitrogen and oxygen atoms in total. The summed E-state index contributed by atoms with van der Waals surface area (Å²) in [5.74, 6) is -0.192. The largest absolute Gasteiger partial charge is 0.457 e. The minimum Gasteiger partial charge on any atom is -0.457 e. The molecule has 22 heavy (non-hydrogen) atoms. The van der Waals surface area contributed by atoms with Crippen LogP contribution in [0.5, 0.6) is 0 Å². The van der Waals surface area contributed by atoms with Gasteiger partial charge in [-0.2, -0.15) is 0 Å². The monoisotopic (exact) mass is 302 g/mol. The number of esters is 1. The molecule has 1 aromatic rings. The number of ether oxygens (including phenoxy) is 2. The smallest absolute Gasteiger partial charge is 0.338 e. The Kier molecular flexibility index (Phi) is 3.64. The average molecular weight is 302 g/mol. The lowest BCUT2D eigenvalue weighted by Crippen LogP contribution is -2.57. The Hall–Kier alpha value is -1.43. The van der Waals surface area contributed by atoms with Crippen molar-refractivity contribution in [3.05, 3.63) is 34.4 Å². The van der Waals surface area contributed by atoms with E-state index in [1.165, 1.54) is 11.1 Å². The van der Waals surface area contributed by atoms with Crippen LogP contribution >= 0.6 is 0 Å². The molecule has 0 amide bonds. The summed E-state index contributed by atoms with van der Waals surface area (Å²) in [5.41, 5.74) is 4.27. The molecule has 2 fully saturated rings. The predicted molar refractivity (Wildman–Crippen MR) is 81.9 cm³/mol. The molecular formula is C17H22N2O3. The molecule has 0 saturated carbocycles. The highest BCUT2D eigenvalue weighted by Crippen LogP contribution is 2.34. The van der Waals surface area contributed by atoms with Gasteiger partial charge in [0, 0.05) is 37.8 Å². The van der Waals surface area contributed by atoms with Gasteiger partial charge >= 0.3 is 5.97 Å². The molecule has 0 aliphatic carbocycles. The van der Waals surface area contributed by atoms with Crippen LogP contribution in [0, 0.1) is 0 Å². The van der Waals surface area contributed by atoms with Crippen LogP contribution in [0.2, 0.25) is 0 Å². The fourth-order valence-electron chi connectivity index (χ4n) is 3.89. The van der Waals surface area contributed by atoms with Crippen molar-refractivity contribution in [2.45, 2.75) is 32.1 Å². The van der Waals surface area contributed by atoms with Gasteiger partial charge in [-0.3, -0.25) is 4.90 Å². The van der Waals surface area contributed by atoms with Crippen molar-refractivity contribution < 1.29 is 14.3 Å². The number of piperazine rings is 1. The number of benzene rings is 1. The fourth-order valence-corrected chi connectivity index (χ4v) is 3.89. The molecule has 0 radical (unpaired) electrons. The molecule has 118 valence electrons. The van der Waals surface area contributed by atoms with Crippen molar-refractivity contribution in [3.8, 4) is 0 Å². The average Bonchev–Trinajstić information content (AvgIpc) is 2.95. The first kappa shape index (κ1) is 14.2. The summed E-state index contributed by atoms with van der Waals surface area (Å²) in [6, 6.07) is 4.47. The third kappa shape index (κ3) is 2.24. The Labute approximate surface area is 130 Å². The SMILES string of the molecule is CCc1c(C2CN3CCNCC3CO2)ccc2c1COC2=O. The molecule has 4 rings (SSSR count). The lowest BCUT2D eigenvalue weighted by atomic mass is 9.91. The molecule has 2 unspecified atom stereocenters. The maximum Gasteiger partial charge on any atom is 0.338 e. The Morgan fingerprint density at radius 3 is 3.18 bits per heavy atom. The molecule has 3 heterocycles. The van der Waals surface area contributed by atoms with Crippen LogP contribution in [-0.4, -0.2) is 49.7 Å². The number of cyclic esters (lactones) is 1. The summed E-state index contributed by atoms with van der Waals surface area (Å²) >= 11 is 0. The zero-order valence-corrected chi connectivity index (χ0v) is 12.9. The molecule has 2 saturated heterocycles. The maximum absolute atomic E-state index is 11.7. The lowest BCUT2D eigenvalue weighted by Gasteiger charge is -2.43. The quantitative estimate of drug-likeness (QED) is 0.834. The molecule has 0 aromatic heterocycles. The third-order valence-electron chi connectivity index (χ3n) is 5.10. The van der Waals surface area contributed by atoms with Gasteiger partial charge in [0.05, 0.1) is 18.3 Å². The van der Waals surface area contributed by atoms with Crippen LogP contribution < -0.4 is 5.32 Å². The van der Waals surface area contributed by atoms with Crippen LogP contribution in [0.1, 0.15) is 40.1 Å². The number of morpholine rings is 1. The first-order chi connectivity index (χ1) is 10.8. The number of fused-ring (bicyclic) bond motifs is 2. The van der Waals surface area contributed by atoms with E-state index >= 15 is 0 Å². The van der Waals surface area contributed by atoms with Crippen LogP contribution in [0.25, 0.3) is 0 Å². The maximum atomic E-state index is 11.7. The highest BCUT2D eigenvalue weighted by atomic mass is 16.5. The molecule has 1 N–H and O–H groups in total. The highest BCUT2D eigenvalue weighted by Gasteiger charge is 2.34. The zero-order chi connectivity index (χ0) is 15.1. The lowest BCUT2D eigenvalue weighted by molar-refractivity contribution is -0.0721. The number of carbonyl (C=O) groups is 1. The van der Waals surface area contributed by atoms with E-state index < -0.39 is 0 Å². The topological polar surface area (TPSA) is 50.8 Å². The normalized spacial score (nSPS) is 28.1. The molecular weight excluding hydrogens is 280 g/mol. The first-order valence-electron chi connectivity index (χ1n) is 8.16. The van der Waals surface area contributed by atoms with Crippen molar-refractivity contribution in [1.82, 2.24) is 10.2 Å². The van der Waals surface area contributed by atoms with Crippen LogP contribution in [0.3, 0.4) is 0 Å². The van der Waals surface area contributed by atoms with Gasteiger partial charge in [0.1, 0.15) is 6.61 Å². The molecule has 0 bridgehead atoms. The highest BCUT2D eigenvalue weighted by molar-refractivity contribution is 5.94. The van der Waals surface area contributed by atoms with E-state index in [1.54, 1.807) is 0 Å². The minimum atomic E-state index is -0.192. The number of nitrogens with zero attached hydrogens (tertiary/aromatic N) is 1. The van der Waals surface area contributed by atoms with Crippen molar-refractivity contribution in [1.29, 1.82) is 0 Å². The summed E-state index contributed by atoms with van der Waals surface area (Å²) in [5, 5.41) is 3.42. The predicted octanol–water partition coefficient (Wildman–Crippen LogP) is 1.26. The van der Waals surface area contributed by atoms with Gasteiger partial charge in [-0.1, -0.05) is 13.0 Å². The van der Waals surface area contributed by atoms with E-state index in [1.807, 2.05) is 6.07 Å². The summed E-state index contributed by atoms with van der Waals surface area (Å²) in [7, 11) is 0. The molecule has 0 spiro atoms. The Balaban J connectivity index is 1.64. The Morgan fingerprint density at radius 2 is 2.32 bits per heavy atom. The van der Waals surface area contributed by atoms with Gasteiger partial charge in [0.2, 0.25) is 0 Å². The van der Waals surface area contributed by atoms with Gasteiger partial charge in [-0.15, -0.1) is 0 Å². The van der Waals surface area contributed by atoms with Crippen molar-refractivity contribution in [2.24, 2.45) is 0 Å². The summed E-state index contributed by atoms with van der Waals surface area (Å²) in [6.45, 7) is 7.40. The third-order valence-corrected chi connectivity index (χ3v) is 5.10. The number of hydrogen-bond acceptors (Lipinski definition) is 5. The number of carbonyl (C=O) groups excluding carboxylic acids is 1. The molecule has 5 heteroatoms. The van der Waals surface area contributed by atoms with E-state index in [0.29, 0.717) is 12.6 Å². The van der Waals surface area contributed by atoms with Crippen molar-refractivity contribution in [2.75, 3.05) is 32.8 Å². The first-order valence-corrected chi connectivity index (χ1v) is 8.16. The van der Waals surface area contributed by atoms with Gasteiger partial charge in [-0.25, -0.2) is 4.79 Å². The van der Waals surface area contributed by atoms with E-state index in [2.05, 4.69) is 23.2 Å². The zero-order valence-electron chi connectivity index (χ0n) is 12.9. The van der Waals surface area contributed by atoms with Gasteiger partial charge < -0.3 is 14.8 Å². The molecule has 3 aliphatic rings. The van der Waals surface area contributed by atoms with Gasteiger partial charge in [0.15, 0.2) is 0 Å². The number of nitrogens with one attached hydrogen (secondary N) is 1. The summed E-state index contributed by atoms with van der Waals surface area (Å²) in [6.07, 6.45) is 1.00. The number of hydrogen-bond donors (Lipinski definition) is 1. The summed E-state index contributed by atoms with van der Waals surface area (Å²) in [4.78, 5) is 14.3. The Bertz CT molecular complexity index is 602. The van der Waals surface area contributed by atoms with E-state index in [9.17, 15) is 4.79 Å². The van der Waals surface area contributed by atoms with E-state index in [0.717, 1.165) is 50.3 Å². The van der Waals surface area contributed by atoms with Crippen LogP contribution in [-0.2, 0) is 22.5 Å². The molecule has 1 aromatic carbocycles.